The second-order valence-electron chi connectivity index (χ2n) is 6.48. The summed E-state index contributed by atoms with van der Waals surface area (Å²) in [5, 5.41) is 3.65. The lowest BCUT2D eigenvalue weighted by molar-refractivity contribution is 0.0946. The summed E-state index contributed by atoms with van der Waals surface area (Å²) < 4.78 is 5.73. The molecule has 1 atom stereocenters. The maximum Gasteiger partial charge on any atom is 0.251 e. The van der Waals surface area contributed by atoms with Gasteiger partial charge in [-0.3, -0.25) is 4.79 Å². The summed E-state index contributed by atoms with van der Waals surface area (Å²) >= 11 is 6.11. The molecule has 134 valence electrons. The number of benzene rings is 2. The van der Waals surface area contributed by atoms with Gasteiger partial charge in [0.2, 0.25) is 0 Å². The predicted octanol–water partition coefficient (Wildman–Crippen LogP) is 3.85. The van der Waals surface area contributed by atoms with Crippen LogP contribution in [0.4, 0.5) is 0 Å². The van der Waals surface area contributed by atoms with Crippen molar-refractivity contribution in [2.75, 3.05) is 27.2 Å². The molecule has 0 saturated carbocycles. The first-order valence-electron chi connectivity index (χ1n) is 8.35. The average Bonchev–Trinajstić information content (AvgIpc) is 2.59. The van der Waals surface area contributed by atoms with Crippen molar-refractivity contribution in [1.29, 1.82) is 0 Å². The van der Waals surface area contributed by atoms with Crippen molar-refractivity contribution in [1.82, 2.24) is 10.2 Å². The zero-order valence-electron chi connectivity index (χ0n) is 15.0. The molecular weight excluding hydrogens is 336 g/mol. The number of rotatable bonds is 8. The van der Waals surface area contributed by atoms with Gasteiger partial charge in [0.1, 0.15) is 12.4 Å². The van der Waals surface area contributed by atoms with Gasteiger partial charge in [0.25, 0.3) is 5.91 Å². The van der Waals surface area contributed by atoms with E-state index >= 15 is 0 Å². The Balaban J connectivity index is 1.84. The lowest BCUT2D eigenvalue weighted by Gasteiger charge is -2.17. The minimum Gasteiger partial charge on any atom is -0.489 e. The molecule has 0 spiro atoms. The quantitative estimate of drug-likeness (QED) is 0.777. The summed E-state index contributed by atoms with van der Waals surface area (Å²) in [7, 11) is 4.05. The maximum absolute atomic E-state index is 12.2. The Bertz CT molecular complexity index is 686. The number of ether oxygens (including phenoxy) is 1. The predicted molar refractivity (Wildman–Crippen MR) is 102 cm³/mol. The molecule has 0 aliphatic rings. The van der Waals surface area contributed by atoms with Crippen LogP contribution in [0.25, 0.3) is 0 Å². The van der Waals surface area contributed by atoms with Crippen molar-refractivity contribution in [2.24, 2.45) is 5.92 Å². The molecule has 0 aliphatic heterocycles. The molecule has 0 aromatic heterocycles. The summed E-state index contributed by atoms with van der Waals surface area (Å²) in [6, 6.07) is 14.7. The third kappa shape index (κ3) is 6.40. The summed E-state index contributed by atoms with van der Waals surface area (Å²) in [5.74, 6) is 1.04. The van der Waals surface area contributed by atoms with Crippen LogP contribution in [0.1, 0.15) is 22.8 Å². The molecule has 5 heteroatoms. The molecule has 0 aliphatic carbocycles. The van der Waals surface area contributed by atoms with Crippen LogP contribution < -0.4 is 10.1 Å². The molecule has 0 saturated heterocycles. The van der Waals surface area contributed by atoms with E-state index in [0.29, 0.717) is 35.4 Å². The number of carbonyl (C=O) groups excluding carboxylic acids is 1. The van der Waals surface area contributed by atoms with E-state index < -0.39 is 0 Å². The smallest absolute Gasteiger partial charge is 0.251 e. The molecule has 2 rings (SSSR count). The lowest BCUT2D eigenvalue weighted by atomic mass is 10.1. The molecule has 1 amide bonds. The second kappa shape index (κ2) is 9.44. The van der Waals surface area contributed by atoms with Crippen molar-refractivity contribution in [2.45, 2.75) is 13.5 Å². The van der Waals surface area contributed by atoms with Crippen molar-refractivity contribution in [3.05, 3.63) is 64.7 Å². The van der Waals surface area contributed by atoms with Gasteiger partial charge in [0.05, 0.1) is 0 Å². The van der Waals surface area contributed by atoms with Gasteiger partial charge in [0, 0.05) is 29.2 Å². The third-order valence-electron chi connectivity index (χ3n) is 3.76. The van der Waals surface area contributed by atoms with Gasteiger partial charge in [-0.25, -0.2) is 0 Å². The molecule has 0 heterocycles. The Hall–Kier alpha value is -2.04. The van der Waals surface area contributed by atoms with Crippen LogP contribution >= 0.6 is 11.6 Å². The number of carbonyl (C=O) groups is 1. The molecule has 0 radical (unpaired) electrons. The Labute approximate surface area is 154 Å². The standard InChI is InChI=1S/C20H25ClN2O2/c1-15(13-23(2)3)12-22-20(24)16-8-10-18(11-9-16)25-14-17-6-4-5-7-19(17)21/h4-11,15H,12-14H2,1-3H3,(H,22,24)/t15-/m1/s1. The van der Waals surface area contributed by atoms with Crippen LogP contribution in [0, 0.1) is 5.92 Å². The topological polar surface area (TPSA) is 41.6 Å². The van der Waals surface area contributed by atoms with Crippen LogP contribution in [0.2, 0.25) is 5.02 Å². The molecule has 0 bridgehead atoms. The SMILES string of the molecule is C[C@H](CNC(=O)c1ccc(OCc2ccccc2Cl)cc1)CN(C)C. The highest BCUT2D eigenvalue weighted by atomic mass is 35.5. The van der Waals surface area contributed by atoms with E-state index in [2.05, 4.69) is 17.1 Å². The average molecular weight is 361 g/mol. The van der Waals surface area contributed by atoms with Crippen LogP contribution in [-0.4, -0.2) is 38.0 Å². The highest BCUT2D eigenvalue weighted by Gasteiger charge is 2.09. The van der Waals surface area contributed by atoms with Gasteiger partial charge < -0.3 is 15.0 Å². The minimum absolute atomic E-state index is 0.0664. The molecule has 1 N–H and O–H groups in total. The maximum atomic E-state index is 12.2. The monoisotopic (exact) mass is 360 g/mol. The summed E-state index contributed by atoms with van der Waals surface area (Å²) in [6.45, 7) is 4.11. The highest BCUT2D eigenvalue weighted by Crippen LogP contribution is 2.19. The summed E-state index contributed by atoms with van der Waals surface area (Å²) in [4.78, 5) is 14.3. The molecule has 4 nitrogen and oxygen atoms in total. The largest absolute Gasteiger partial charge is 0.489 e. The number of nitrogens with one attached hydrogen (secondary N) is 1. The fraction of sp³-hybridized carbons (Fsp3) is 0.350. The van der Waals surface area contributed by atoms with Gasteiger partial charge >= 0.3 is 0 Å². The Morgan fingerprint density at radius 2 is 1.84 bits per heavy atom. The number of amides is 1. The zero-order valence-corrected chi connectivity index (χ0v) is 15.7. The van der Waals surface area contributed by atoms with Gasteiger partial charge in [-0.05, 0) is 50.3 Å². The molecule has 2 aromatic carbocycles. The van der Waals surface area contributed by atoms with Crippen LogP contribution in [0.15, 0.2) is 48.5 Å². The van der Waals surface area contributed by atoms with E-state index in [1.807, 2.05) is 38.4 Å². The van der Waals surface area contributed by atoms with Gasteiger partial charge in [-0.15, -0.1) is 0 Å². The van der Waals surface area contributed by atoms with Crippen molar-refractivity contribution >= 4 is 17.5 Å². The number of hydrogen-bond donors (Lipinski definition) is 1. The molecule has 2 aromatic rings. The fourth-order valence-electron chi connectivity index (χ4n) is 2.54. The first kappa shape index (κ1) is 19.3. The number of hydrogen-bond acceptors (Lipinski definition) is 3. The van der Waals surface area contributed by atoms with E-state index in [9.17, 15) is 4.79 Å². The van der Waals surface area contributed by atoms with Gasteiger partial charge in [0.15, 0.2) is 0 Å². The summed E-state index contributed by atoms with van der Waals surface area (Å²) in [6.07, 6.45) is 0. The molecular formula is C20H25ClN2O2. The third-order valence-corrected chi connectivity index (χ3v) is 4.13. The van der Waals surface area contributed by atoms with E-state index in [4.69, 9.17) is 16.3 Å². The number of halogens is 1. The van der Waals surface area contributed by atoms with Crippen molar-refractivity contribution < 1.29 is 9.53 Å². The van der Waals surface area contributed by atoms with E-state index in [1.54, 1.807) is 24.3 Å². The second-order valence-corrected chi connectivity index (χ2v) is 6.89. The fourth-order valence-corrected chi connectivity index (χ4v) is 2.73. The first-order chi connectivity index (χ1) is 12.0. The lowest BCUT2D eigenvalue weighted by Crippen LogP contribution is -2.32. The minimum atomic E-state index is -0.0664. The van der Waals surface area contributed by atoms with E-state index in [0.717, 1.165) is 12.1 Å². The molecule has 25 heavy (non-hydrogen) atoms. The first-order valence-corrected chi connectivity index (χ1v) is 8.72. The molecule has 0 unspecified atom stereocenters. The zero-order chi connectivity index (χ0) is 18.2. The van der Waals surface area contributed by atoms with Gasteiger partial charge in [-0.1, -0.05) is 36.7 Å². The van der Waals surface area contributed by atoms with Crippen LogP contribution in [-0.2, 0) is 6.61 Å². The van der Waals surface area contributed by atoms with Crippen molar-refractivity contribution in [3.8, 4) is 5.75 Å². The Morgan fingerprint density at radius 3 is 2.48 bits per heavy atom. The summed E-state index contributed by atoms with van der Waals surface area (Å²) in [5.41, 5.74) is 1.56. The van der Waals surface area contributed by atoms with Crippen LogP contribution in [0.5, 0.6) is 5.75 Å². The normalized spacial score (nSPS) is 12.0. The van der Waals surface area contributed by atoms with Crippen molar-refractivity contribution in [3.63, 3.8) is 0 Å². The Kier molecular flexibility index (Phi) is 7.29. The Morgan fingerprint density at radius 1 is 1.16 bits per heavy atom. The van der Waals surface area contributed by atoms with Crippen LogP contribution in [0.3, 0.4) is 0 Å². The molecule has 0 fully saturated rings. The van der Waals surface area contributed by atoms with E-state index in [-0.39, 0.29) is 5.91 Å². The highest BCUT2D eigenvalue weighted by molar-refractivity contribution is 6.31. The number of nitrogens with zero attached hydrogens (tertiary/aromatic N) is 1. The van der Waals surface area contributed by atoms with E-state index in [1.165, 1.54) is 0 Å². The van der Waals surface area contributed by atoms with Gasteiger partial charge in [-0.2, -0.15) is 0 Å².